The number of hydrogen-bond acceptors (Lipinski definition) is 3. The molecule has 0 saturated carbocycles. The molecule has 7 heteroatoms. The number of carbonyl (C=O) groups is 2. The fraction of sp³-hybridized carbons (Fsp3) is 0.429. The van der Waals surface area contributed by atoms with Crippen LogP contribution in [0.15, 0.2) is 12.1 Å². The molecule has 1 aromatic carbocycles. The van der Waals surface area contributed by atoms with Crippen LogP contribution in [0.2, 0.25) is 0 Å². The van der Waals surface area contributed by atoms with Crippen molar-refractivity contribution in [2.75, 3.05) is 18.4 Å². The molecule has 2 rings (SSSR count). The maximum atomic E-state index is 13.7. The molecular formula is C14H16F2N2O3. The lowest BCUT2D eigenvalue weighted by molar-refractivity contribution is -0.125. The van der Waals surface area contributed by atoms with E-state index in [2.05, 4.69) is 10.6 Å². The van der Waals surface area contributed by atoms with Crippen LogP contribution < -0.4 is 10.6 Å². The third-order valence-electron chi connectivity index (χ3n) is 3.68. The van der Waals surface area contributed by atoms with E-state index in [-0.39, 0.29) is 5.69 Å². The number of carbonyl (C=O) groups excluding carboxylic acids is 1. The minimum Gasteiger partial charge on any atom is -0.478 e. The van der Waals surface area contributed by atoms with Crippen molar-refractivity contribution in [1.82, 2.24) is 5.32 Å². The number of amides is 1. The molecule has 1 heterocycles. The highest BCUT2D eigenvalue weighted by molar-refractivity contribution is 5.97. The minimum absolute atomic E-state index is 0.328. The first kappa shape index (κ1) is 15.4. The topological polar surface area (TPSA) is 78.4 Å². The predicted octanol–water partition coefficient (Wildman–Crippen LogP) is 1.99. The van der Waals surface area contributed by atoms with Crippen LogP contribution in [0.3, 0.4) is 0 Å². The van der Waals surface area contributed by atoms with Gasteiger partial charge in [-0.2, -0.15) is 0 Å². The van der Waals surface area contributed by atoms with E-state index < -0.39 is 34.5 Å². The van der Waals surface area contributed by atoms with Crippen LogP contribution in [0.1, 0.15) is 30.1 Å². The predicted molar refractivity (Wildman–Crippen MR) is 72.2 cm³/mol. The Labute approximate surface area is 120 Å². The lowest BCUT2D eigenvalue weighted by Crippen LogP contribution is -2.46. The fourth-order valence-corrected chi connectivity index (χ4v) is 2.33. The molecule has 0 aliphatic carbocycles. The zero-order valence-electron chi connectivity index (χ0n) is 11.5. The SMILES string of the molecule is CC1(C(=O)Nc2cc(C(=O)O)c(F)cc2F)CCCNC1. The lowest BCUT2D eigenvalue weighted by Gasteiger charge is -2.32. The molecule has 0 spiro atoms. The van der Waals surface area contributed by atoms with Crippen LogP contribution in [0.25, 0.3) is 0 Å². The Hall–Kier alpha value is -2.02. The van der Waals surface area contributed by atoms with Crippen LogP contribution in [-0.4, -0.2) is 30.1 Å². The van der Waals surface area contributed by atoms with Crippen LogP contribution in [0.5, 0.6) is 0 Å². The summed E-state index contributed by atoms with van der Waals surface area (Å²) in [5, 5.41) is 14.3. The lowest BCUT2D eigenvalue weighted by atomic mass is 9.82. The molecule has 21 heavy (non-hydrogen) atoms. The molecule has 114 valence electrons. The van der Waals surface area contributed by atoms with Gasteiger partial charge in [-0.05, 0) is 32.4 Å². The summed E-state index contributed by atoms with van der Waals surface area (Å²) in [4.78, 5) is 23.1. The molecule has 1 aliphatic rings. The molecule has 1 amide bonds. The van der Waals surface area contributed by atoms with Crippen molar-refractivity contribution in [3.63, 3.8) is 0 Å². The Morgan fingerprint density at radius 3 is 2.62 bits per heavy atom. The number of rotatable bonds is 3. The van der Waals surface area contributed by atoms with E-state index in [1.165, 1.54) is 0 Å². The minimum atomic E-state index is -1.52. The molecule has 1 atom stereocenters. The number of nitrogens with one attached hydrogen (secondary N) is 2. The van der Waals surface area contributed by atoms with Crippen molar-refractivity contribution in [2.45, 2.75) is 19.8 Å². The van der Waals surface area contributed by atoms with Gasteiger partial charge in [-0.15, -0.1) is 0 Å². The largest absolute Gasteiger partial charge is 0.478 e. The number of hydrogen-bond donors (Lipinski definition) is 3. The average molecular weight is 298 g/mol. The monoisotopic (exact) mass is 298 g/mol. The standard InChI is InChI=1S/C14H16F2N2O3/c1-14(3-2-4-17-7-14)13(21)18-11-5-8(12(19)20)9(15)6-10(11)16/h5-6,17H,2-4,7H2,1H3,(H,18,21)(H,19,20). The normalized spacial score (nSPS) is 21.9. The smallest absolute Gasteiger partial charge is 0.338 e. The number of carboxylic acids is 1. The first-order valence-corrected chi connectivity index (χ1v) is 6.58. The molecule has 1 aromatic rings. The maximum Gasteiger partial charge on any atom is 0.338 e. The second kappa shape index (κ2) is 5.77. The van der Waals surface area contributed by atoms with Crippen molar-refractivity contribution in [1.29, 1.82) is 0 Å². The van der Waals surface area contributed by atoms with Gasteiger partial charge in [0.05, 0.1) is 16.7 Å². The highest BCUT2D eigenvalue weighted by Crippen LogP contribution is 2.28. The summed E-state index contributed by atoms with van der Waals surface area (Å²) in [5.41, 5.74) is -1.72. The molecule has 1 fully saturated rings. The zero-order chi connectivity index (χ0) is 15.6. The number of halogens is 2. The molecule has 0 bridgehead atoms. The number of benzene rings is 1. The van der Waals surface area contributed by atoms with Gasteiger partial charge < -0.3 is 15.7 Å². The molecule has 3 N–H and O–H groups in total. The van der Waals surface area contributed by atoms with E-state index in [0.717, 1.165) is 19.0 Å². The Kier molecular flexibility index (Phi) is 4.22. The van der Waals surface area contributed by atoms with Crippen LogP contribution in [-0.2, 0) is 4.79 Å². The average Bonchev–Trinajstić information content (AvgIpc) is 2.42. The molecule has 0 radical (unpaired) electrons. The Morgan fingerprint density at radius 1 is 1.33 bits per heavy atom. The van der Waals surface area contributed by atoms with Gasteiger partial charge in [0.15, 0.2) is 0 Å². The second-order valence-corrected chi connectivity index (χ2v) is 5.41. The molecular weight excluding hydrogens is 282 g/mol. The molecule has 1 saturated heterocycles. The summed E-state index contributed by atoms with van der Waals surface area (Å²) in [6, 6.07) is 1.25. The number of carboxylic acid groups (broad SMARTS) is 1. The van der Waals surface area contributed by atoms with E-state index in [9.17, 15) is 18.4 Å². The van der Waals surface area contributed by atoms with Crippen molar-refractivity contribution in [3.05, 3.63) is 29.3 Å². The molecule has 5 nitrogen and oxygen atoms in total. The summed E-state index contributed by atoms with van der Waals surface area (Å²) in [7, 11) is 0. The highest BCUT2D eigenvalue weighted by atomic mass is 19.1. The zero-order valence-corrected chi connectivity index (χ0v) is 11.5. The van der Waals surface area contributed by atoms with Crippen molar-refractivity contribution < 1.29 is 23.5 Å². The Bertz CT molecular complexity index is 584. The van der Waals surface area contributed by atoms with Gasteiger partial charge in [-0.1, -0.05) is 0 Å². The van der Waals surface area contributed by atoms with E-state index in [0.29, 0.717) is 19.0 Å². The first-order valence-electron chi connectivity index (χ1n) is 6.58. The summed E-state index contributed by atoms with van der Waals surface area (Å²) in [6.45, 7) is 3.01. The van der Waals surface area contributed by atoms with Gasteiger partial charge in [0.2, 0.25) is 5.91 Å². The van der Waals surface area contributed by atoms with E-state index >= 15 is 0 Å². The maximum absolute atomic E-state index is 13.7. The van der Waals surface area contributed by atoms with Crippen LogP contribution in [0, 0.1) is 17.0 Å². The Balaban J connectivity index is 2.24. The van der Waals surface area contributed by atoms with Crippen LogP contribution >= 0.6 is 0 Å². The summed E-state index contributed by atoms with van der Waals surface area (Å²) < 4.78 is 27.0. The van der Waals surface area contributed by atoms with Gasteiger partial charge in [0, 0.05) is 12.6 Å². The molecule has 1 unspecified atom stereocenters. The third kappa shape index (κ3) is 3.18. The first-order chi connectivity index (χ1) is 9.83. The van der Waals surface area contributed by atoms with Crippen molar-refractivity contribution in [3.8, 4) is 0 Å². The van der Waals surface area contributed by atoms with Crippen molar-refractivity contribution >= 4 is 17.6 Å². The number of anilines is 1. The van der Waals surface area contributed by atoms with E-state index in [1.807, 2.05) is 0 Å². The molecule has 1 aliphatic heterocycles. The number of piperidine rings is 1. The van der Waals surface area contributed by atoms with Gasteiger partial charge in [0.1, 0.15) is 11.6 Å². The highest BCUT2D eigenvalue weighted by Gasteiger charge is 2.35. The number of aromatic carboxylic acids is 1. The summed E-state index contributed by atoms with van der Waals surface area (Å²) in [6.07, 6.45) is 1.45. The van der Waals surface area contributed by atoms with Gasteiger partial charge in [0.25, 0.3) is 0 Å². The second-order valence-electron chi connectivity index (χ2n) is 5.41. The van der Waals surface area contributed by atoms with E-state index in [4.69, 9.17) is 5.11 Å². The fourth-order valence-electron chi connectivity index (χ4n) is 2.33. The van der Waals surface area contributed by atoms with Gasteiger partial charge in [-0.25, -0.2) is 13.6 Å². The van der Waals surface area contributed by atoms with Crippen LogP contribution in [0.4, 0.5) is 14.5 Å². The summed E-state index contributed by atoms with van der Waals surface area (Å²) in [5.74, 6) is -4.12. The van der Waals surface area contributed by atoms with Gasteiger partial charge >= 0.3 is 5.97 Å². The quantitative estimate of drug-likeness (QED) is 0.797. The third-order valence-corrected chi connectivity index (χ3v) is 3.68. The summed E-state index contributed by atoms with van der Waals surface area (Å²) >= 11 is 0. The van der Waals surface area contributed by atoms with Gasteiger partial charge in [-0.3, -0.25) is 4.79 Å². The van der Waals surface area contributed by atoms with Crippen molar-refractivity contribution in [2.24, 2.45) is 5.41 Å². The Morgan fingerprint density at radius 2 is 2.05 bits per heavy atom. The van der Waals surface area contributed by atoms with E-state index in [1.54, 1.807) is 6.92 Å². The molecule has 0 aromatic heterocycles.